The number of carbonyl (C=O) groups excluding carboxylic acids is 1. The van der Waals surface area contributed by atoms with Crippen LogP contribution in [0, 0.1) is 0 Å². The van der Waals surface area contributed by atoms with Gasteiger partial charge in [0.1, 0.15) is 6.61 Å². The van der Waals surface area contributed by atoms with E-state index in [1.807, 2.05) is 30.3 Å². The molecule has 0 saturated carbocycles. The van der Waals surface area contributed by atoms with Gasteiger partial charge in [-0.25, -0.2) is 4.79 Å². The molecule has 1 aliphatic heterocycles. The molecule has 3 heteroatoms. The van der Waals surface area contributed by atoms with E-state index < -0.39 is 0 Å². The van der Waals surface area contributed by atoms with Crippen LogP contribution in [0.25, 0.3) is 0 Å². The van der Waals surface area contributed by atoms with Gasteiger partial charge in [-0.15, -0.1) is 0 Å². The minimum absolute atomic E-state index is 0.307. The van der Waals surface area contributed by atoms with E-state index in [4.69, 9.17) is 4.74 Å². The summed E-state index contributed by atoms with van der Waals surface area (Å²) in [6, 6.07) is 9.78. The van der Waals surface area contributed by atoms with Crippen molar-refractivity contribution in [1.29, 1.82) is 0 Å². The molecule has 2 rings (SSSR count). The number of amides is 1. The number of benzene rings is 1. The fourth-order valence-corrected chi connectivity index (χ4v) is 1.37. The maximum absolute atomic E-state index is 11.2. The summed E-state index contributed by atoms with van der Waals surface area (Å²) in [5.41, 5.74) is 1.80. The van der Waals surface area contributed by atoms with Crippen LogP contribution in [0.15, 0.2) is 42.6 Å². The van der Waals surface area contributed by atoms with Crippen molar-refractivity contribution in [2.24, 2.45) is 0 Å². The molecule has 0 unspecified atom stereocenters. The molecule has 14 heavy (non-hydrogen) atoms. The molecule has 1 amide bonds. The Morgan fingerprint density at radius 2 is 2.07 bits per heavy atom. The summed E-state index contributed by atoms with van der Waals surface area (Å²) in [4.78, 5) is 12.8. The van der Waals surface area contributed by atoms with Crippen molar-refractivity contribution in [3.63, 3.8) is 0 Å². The van der Waals surface area contributed by atoms with Crippen LogP contribution in [-0.4, -0.2) is 17.6 Å². The zero-order chi connectivity index (χ0) is 9.97. The van der Waals surface area contributed by atoms with E-state index in [1.165, 1.54) is 0 Å². The van der Waals surface area contributed by atoms with Crippen LogP contribution in [-0.2, 0) is 11.3 Å². The summed E-state index contributed by atoms with van der Waals surface area (Å²) in [6.07, 6.45) is -0.307. The zero-order valence-corrected chi connectivity index (χ0v) is 7.77. The zero-order valence-electron chi connectivity index (χ0n) is 7.77. The second-order valence-corrected chi connectivity index (χ2v) is 3.19. The molecular weight excluding hydrogens is 178 g/mol. The lowest BCUT2D eigenvalue weighted by molar-refractivity contribution is 0.157. The lowest BCUT2D eigenvalue weighted by Crippen LogP contribution is -2.21. The number of ether oxygens (including phenoxy) is 1. The Kier molecular flexibility index (Phi) is 2.23. The lowest BCUT2D eigenvalue weighted by Gasteiger charge is -2.13. The van der Waals surface area contributed by atoms with E-state index in [-0.39, 0.29) is 6.09 Å². The molecule has 1 fully saturated rings. The molecule has 1 saturated heterocycles. The van der Waals surface area contributed by atoms with Crippen molar-refractivity contribution in [1.82, 2.24) is 4.90 Å². The first-order valence-corrected chi connectivity index (χ1v) is 4.43. The number of carbonyl (C=O) groups is 1. The molecule has 1 heterocycles. The molecule has 1 aliphatic rings. The Morgan fingerprint density at radius 1 is 1.36 bits per heavy atom. The van der Waals surface area contributed by atoms with Gasteiger partial charge in [-0.1, -0.05) is 36.9 Å². The van der Waals surface area contributed by atoms with Gasteiger partial charge in [0.05, 0.1) is 12.2 Å². The van der Waals surface area contributed by atoms with E-state index in [2.05, 4.69) is 6.58 Å². The second-order valence-electron chi connectivity index (χ2n) is 3.19. The lowest BCUT2D eigenvalue weighted by atomic mass is 10.2. The largest absolute Gasteiger partial charge is 0.443 e. The van der Waals surface area contributed by atoms with E-state index >= 15 is 0 Å². The molecule has 0 radical (unpaired) electrons. The molecule has 0 atom stereocenters. The monoisotopic (exact) mass is 189 g/mol. The highest BCUT2D eigenvalue weighted by Gasteiger charge is 2.25. The van der Waals surface area contributed by atoms with Gasteiger partial charge in [-0.2, -0.15) is 0 Å². The Bertz CT molecular complexity index is 343. The van der Waals surface area contributed by atoms with Crippen molar-refractivity contribution in [3.8, 4) is 0 Å². The quantitative estimate of drug-likeness (QED) is 0.713. The summed E-state index contributed by atoms with van der Waals surface area (Å²) >= 11 is 0. The number of rotatable bonds is 2. The van der Waals surface area contributed by atoms with Crippen molar-refractivity contribution in [3.05, 3.63) is 48.2 Å². The highest BCUT2D eigenvalue weighted by molar-refractivity contribution is 5.72. The van der Waals surface area contributed by atoms with Crippen LogP contribution in [0.3, 0.4) is 0 Å². The van der Waals surface area contributed by atoms with Crippen LogP contribution in [0.4, 0.5) is 4.79 Å². The Labute approximate surface area is 82.6 Å². The molecule has 0 bridgehead atoms. The highest BCUT2D eigenvalue weighted by Crippen LogP contribution is 2.17. The van der Waals surface area contributed by atoms with Gasteiger partial charge >= 0.3 is 6.09 Å². The first kappa shape index (κ1) is 8.81. The van der Waals surface area contributed by atoms with E-state index in [0.717, 1.165) is 11.3 Å². The molecular formula is C11H11NO2. The molecule has 0 spiro atoms. The predicted octanol–water partition coefficient (Wildman–Crippen LogP) is 2.15. The highest BCUT2D eigenvalue weighted by atomic mass is 16.6. The standard InChI is InChI=1S/C11H11NO2/c1-9-8-14-11(13)12(9)7-10-5-3-2-4-6-10/h2-6H,1,7-8H2. The minimum atomic E-state index is -0.307. The molecule has 0 N–H and O–H groups in total. The molecule has 0 aromatic heterocycles. The Hall–Kier alpha value is -1.77. The predicted molar refractivity (Wildman–Crippen MR) is 52.5 cm³/mol. The average Bonchev–Trinajstić information content (AvgIpc) is 2.51. The summed E-state index contributed by atoms with van der Waals surface area (Å²) in [7, 11) is 0. The normalized spacial score (nSPS) is 15.9. The number of hydrogen-bond acceptors (Lipinski definition) is 2. The maximum Gasteiger partial charge on any atom is 0.414 e. The molecule has 1 aromatic rings. The van der Waals surface area contributed by atoms with E-state index in [9.17, 15) is 4.79 Å². The van der Waals surface area contributed by atoms with Gasteiger partial charge in [0, 0.05) is 0 Å². The fourth-order valence-electron chi connectivity index (χ4n) is 1.37. The summed E-state index contributed by atoms with van der Waals surface area (Å²) in [5, 5.41) is 0. The van der Waals surface area contributed by atoms with Crippen molar-refractivity contribution < 1.29 is 9.53 Å². The molecule has 0 aliphatic carbocycles. The molecule has 72 valence electrons. The second kappa shape index (κ2) is 3.54. The first-order chi connectivity index (χ1) is 6.77. The average molecular weight is 189 g/mol. The van der Waals surface area contributed by atoms with Crippen molar-refractivity contribution in [2.75, 3.05) is 6.61 Å². The van der Waals surface area contributed by atoms with Crippen molar-refractivity contribution >= 4 is 6.09 Å². The smallest absolute Gasteiger partial charge is 0.414 e. The topological polar surface area (TPSA) is 29.5 Å². The van der Waals surface area contributed by atoms with Gasteiger partial charge in [0.2, 0.25) is 0 Å². The fraction of sp³-hybridized carbons (Fsp3) is 0.182. The molecule has 1 aromatic carbocycles. The van der Waals surface area contributed by atoms with Gasteiger partial charge < -0.3 is 4.74 Å². The van der Waals surface area contributed by atoms with Gasteiger partial charge in [-0.05, 0) is 5.56 Å². The van der Waals surface area contributed by atoms with Crippen molar-refractivity contribution in [2.45, 2.75) is 6.54 Å². The third kappa shape index (κ3) is 1.62. The summed E-state index contributed by atoms with van der Waals surface area (Å²) in [6.45, 7) is 4.61. The van der Waals surface area contributed by atoms with Crippen LogP contribution < -0.4 is 0 Å². The minimum Gasteiger partial charge on any atom is -0.443 e. The molecule has 3 nitrogen and oxygen atoms in total. The van der Waals surface area contributed by atoms with E-state index in [0.29, 0.717) is 13.2 Å². The van der Waals surface area contributed by atoms with E-state index in [1.54, 1.807) is 4.90 Å². The Balaban J connectivity index is 2.11. The summed E-state index contributed by atoms with van der Waals surface area (Å²) < 4.78 is 4.84. The third-order valence-electron chi connectivity index (χ3n) is 2.15. The summed E-state index contributed by atoms with van der Waals surface area (Å²) in [5.74, 6) is 0. The van der Waals surface area contributed by atoms with Gasteiger partial charge in [-0.3, -0.25) is 4.90 Å². The number of hydrogen-bond donors (Lipinski definition) is 0. The van der Waals surface area contributed by atoms with Crippen LogP contribution >= 0.6 is 0 Å². The van der Waals surface area contributed by atoms with Crippen LogP contribution in [0.5, 0.6) is 0 Å². The van der Waals surface area contributed by atoms with Crippen LogP contribution in [0.1, 0.15) is 5.56 Å². The van der Waals surface area contributed by atoms with Gasteiger partial charge in [0.25, 0.3) is 0 Å². The Morgan fingerprint density at radius 3 is 2.64 bits per heavy atom. The first-order valence-electron chi connectivity index (χ1n) is 4.43. The maximum atomic E-state index is 11.2. The van der Waals surface area contributed by atoms with Crippen LogP contribution in [0.2, 0.25) is 0 Å². The van der Waals surface area contributed by atoms with Gasteiger partial charge in [0.15, 0.2) is 0 Å². The number of cyclic esters (lactones) is 1. The number of nitrogens with zero attached hydrogens (tertiary/aromatic N) is 1. The third-order valence-corrected chi connectivity index (χ3v) is 2.15. The SMILES string of the molecule is C=C1COC(=O)N1Cc1ccccc1.